The molecule has 11 heteroatoms. The number of ether oxygens (including phenoxy) is 1. The van der Waals surface area contributed by atoms with Crippen LogP contribution in [0.4, 0.5) is 0 Å². The molecule has 5 N–H and O–H groups in total. The highest BCUT2D eigenvalue weighted by Crippen LogP contribution is 2.59. The lowest BCUT2D eigenvalue weighted by molar-refractivity contribution is -0.268. The number of benzene rings is 3. The Bertz CT molecular complexity index is 1630. The Hall–Kier alpha value is -5.06. The molecule has 43 heavy (non-hydrogen) atoms. The number of carbonyl (C=O) groups excluding carboxylic acids is 3. The molecule has 0 aliphatic heterocycles. The summed E-state index contributed by atoms with van der Waals surface area (Å²) in [6.07, 6.45) is 3.18. The highest BCUT2D eigenvalue weighted by Gasteiger charge is 2.61. The van der Waals surface area contributed by atoms with Gasteiger partial charge in [-0.2, -0.15) is 0 Å². The van der Waals surface area contributed by atoms with Crippen LogP contribution in [0.15, 0.2) is 54.6 Å². The maximum atomic E-state index is 13.4. The summed E-state index contributed by atoms with van der Waals surface area (Å²) in [5.41, 5.74) is -1.99. The Kier molecular flexibility index (Phi) is 6.95. The van der Waals surface area contributed by atoms with E-state index >= 15 is 0 Å². The molecule has 6 unspecified atom stereocenters. The SMILES string of the molecule is O=C(NC1C2CC(C3CCCC32)C1OC(=O)c1cc(O)c(C(=O)c2c([O-])cccc2C(=O)O)c(O)c1)c1ccc(O)cc1. The van der Waals surface area contributed by atoms with E-state index in [1.807, 2.05) is 0 Å². The van der Waals surface area contributed by atoms with Crippen LogP contribution in [0.1, 0.15) is 72.7 Å². The zero-order chi connectivity index (χ0) is 30.6. The maximum absolute atomic E-state index is 13.4. The second kappa shape index (κ2) is 10.6. The number of fused-ring (bicyclic) bond motifs is 5. The molecule has 0 saturated heterocycles. The molecule has 0 spiro atoms. The number of carboxylic acid groups (broad SMARTS) is 1. The van der Waals surface area contributed by atoms with Crippen LogP contribution in [0.2, 0.25) is 0 Å². The van der Waals surface area contributed by atoms with Gasteiger partial charge in [0, 0.05) is 17.0 Å². The minimum atomic E-state index is -1.54. The Balaban J connectivity index is 1.26. The molecular formula is C32H28NO10-. The molecule has 6 atom stereocenters. The van der Waals surface area contributed by atoms with Crippen molar-refractivity contribution in [1.29, 1.82) is 0 Å². The summed E-state index contributed by atoms with van der Waals surface area (Å²) in [5.74, 6) is -5.70. The van der Waals surface area contributed by atoms with Crippen molar-refractivity contribution in [2.24, 2.45) is 23.7 Å². The van der Waals surface area contributed by atoms with Gasteiger partial charge in [0.15, 0.2) is 0 Å². The van der Waals surface area contributed by atoms with Gasteiger partial charge in [0.05, 0.1) is 17.2 Å². The van der Waals surface area contributed by atoms with E-state index in [9.17, 15) is 44.7 Å². The molecule has 3 aliphatic rings. The van der Waals surface area contributed by atoms with Crippen molar-refractivity contribution in [1.82, 2.24) is 5.32 Å². The molecule has 3 aromatic rings. The standard InChI is InChI=1S/C32H29NO10/c34-16-9-7-14(8-10-16)30(39)33-27-20-13-21(18-4-1-3-17(18)20)29(27)43-32(42)15-11-23(36)26(24(37)12-15)28(38)25-19(31(40)41)5-2-6-22(25)35/h2,5-12,17-18,20-21,27,29,34-37H,1,3-4,13H2,(H,33,39)(H,40,41)/p-1. The normalized spacial score (nSPS) is 25.2. The number of nitrogens with one attached hydrogen (secondary N) is 1. The van der Waals surface area contributed by atoms with Crippen molar-refractivity contribution in [2.75, 3.05) is 0 Å². The van der Waals surface area contributed by atoms with E-state index in [2.05, 4.69) is 5.32 Å². The second-order valence-electron chi connectivity index (χ2n) is 11.4. The molecule has 6 rings (SSSR count). The summed E-state index contributed by atoms with van der Waals surface area (Å²) in [4.78, 5) is 51.2. The number of phenols is 3. The summed E-state index contributed by atoms with van der Waals surface area (Å²) in [5, 5.41) is 55.7. The van der Waals surface area contributed by atoms with E-state index in [-0.39, 0.29) is 29.1 Å². The topological polar surface area (TPSA) is 194 Å². The van der Waals surface area contributed by atoms with Crippen molar-refractivity contribution >= 4 is 23.6 Å². The van der Waals surface area contributed by atoms with E-state index in [1.165, 1.54) is 30.3 Å². The van der Waals surface area contributed by atoms with Crippen LogP contribution in [0.25, 0.3) is 0 Å². The number of aromatic carboxylic acids is 1. The van der Waals surface area contributed by atoms with Gasteiger partial charge in [-0.3, -0.25) is 9.59 Å². The van der Waals surface area contributed by atoms with Gasteiger partial charge in [0.1, 0.15) is 28.9 Å². The fourth-order valence-electron chi connectivity index (χ4n) is 7.46. The number of carboxylic acids is 1. The Morgan fingerprint density at radius 2 is 1.47 bits per heavy atom. The lowest BCUT2D eigenvalue weighted by atomic mass is 9.77. The first-order chi connectivity index (χ1) is 20.5. The lowest BCUT2D eigenvalue weighted by Crippen LogP contribution is -2.52. The van der Waals surface area contributed by atoms with Crippen molar-refractivity contribution in [2.45, 2.75) is 37.8 Å². The third kappa shape index (κ3) is 4.80. The smallest absolute Gasteiger partial charge is 0.338 e. The Morgan fingerprint density at radius 3 is 2.12 bits per heavy atom. The molecule has 1 amide bonds. The Morgan fingerprint density at radius 1 is 0.814 bits per heavy atom. The maximum Gasteiger partial charge on any atom is 0.338 e. The van der Waals surface area contributed by atoms with Crippen LogP contribution >= 0.6 is 0 Å². The molecular weight excluding hydrogens is 558 g/mol. The quantitative estimate of drug-likeness (QED) is 0.203. The van der Waals surface area contributed by atoms with Crippen LogP contribution in [-0.2, 0) is 4.74 Å². The van der Waals surface area contributed by atoms with Gasteiger partial charge in [-0.15, -0.1) is 0 Å². The molecule has 0 aromatic heterocycles. The van der Waals surface area contributed by atoms with Gasteiger partial charge < -0.3 is 35.6 Å². The number of hydrogen-bond acceptors (Lipinski definition) is 9. The van der Waals surface area contributed by atoms with E-state index in [1.54, 1.807) is 0 Å². The predicted molar refractivity (Wildman–Crippen MR) is 147 cm³/mol. The molecule has 0 radical (unpaired) electrons. The van der Waals surface area contributed by atoms with Crippen molar-refractivity contribution in [3.05, 3.63) is 82.4 Å². The average molecular weight is 587 g/mol. The number of hydrogen-bond donors (Lipinski definition) is 5. The molecule has 0 heterocycles. The van der Waals surface area contributed by atoms with Gasteiger partial charge in [-0.1, -0.05) is 24.3 Å². The van der Waals surface area contributed by atoms with E-state index < -0.39 is 63.8 Å². The van der Waals surface area contributed by atoms with Gasteiger partial charge in [-0.25, -0.2) is 9.59 Å². The monoisotopic (exact) mass is 586 g/mol. The molecule has 222 valence electrons. The zero-order valence-corrected chi connectivity index (χ0v) is 22.7. The Labute approximate surface area is 245 Å². The summed E-state index contributed by atoms with van der Waals surface area (Å²) >= 11 is 0. The van der Waals surface area contributed by atoms with Gasteiger partial charge in [0.2, 0.25) is 5.78 Å². The van der Waals surface area contributed by atoms with E-state index in [0.717, 1.165) is 49.9 Å². The third-order valence-corrected chi connectivity index (χ3v) is 9.22. The summed E-state index contributed by atoms with van der Waals surface area (Å²) in [7, 11) is 0. The van der Waals surface area contributed by atoms with E-state index in [0.29, 0.717) is 17.4 Å². The van der Waals surface area contributed by atoms with Crippen molar-refractivity contribution < 1.29 is 49.4 Å². The first kappa shape index (κ1) is 28.1. The molecule has 3 fully saturated rings. The highest BCUT2D eigenvalue weighted by molar-refractivity contribution is 6.18. The number of phenolic OH excluding ortho intramolecular Hbond substituents is 3. The van der Waals surface area contributed by atoms with Crippen LogP contribution in [0.3, 0.4) is 0 Å². The summed E-state index contributed by atoms with van der Waals surface area (Å²) < 4.78 is 5.94. The van der Waals surface area contributed by atoms with E-state index in [4.69, 9.17) is 4.74 Å². The number of aromatic hydroxyl groups is 3. The molecule has 3 aliphatic carbocycles. The van der Waals surface area contributed by atoms with Crippen LogP contribution < -0.4 is 10.4 Å². The molecule has 11 nitrogen and oxygen atoms in total. The summed E-state index contributed by atoms with van der Waals surface area (Å²) in [6, 6.07) is 10.4. The zero-order valence-electron chi connectivity index (χ0n) is 22.7. The molecule has 3 saturated carbocycles. The van der Waals surface area contributed by atoms with Gasteiger partial charge in [0.25, 0.3) is 5.91 Å². The van der Waals surface area contributed by atoms with Crippen LogP contribution in [-0.4, -0.2) is 56.2 Å². The number of carbonyl (C=O) groups is 4. The first-order valence-corrected chi connectivity index (χ1v) is 14.0. The van der Waals surface area contributed by atoms with Crippen molar-refractivity contribution in [3.63, 3.8) is 0 Å². The fraction of sp³-hybridized carbons (Fsp3) is 0.312. The molecule has 2 bridgehead atoms. The van der Waals surface area contributed by atoms with Gasteiger partial charge >= 0.3 is 11.9 Å². The highest BCUT2D eigenvalue weighted by atomic mass is 16.5. The largest absolute Gasteiger partial charge is 0.872 e. The predicted octanol–water partition coefficient (Wildman–Crippen LogP) is 3.20. The number of rotatable bonds is 7. The fourth-order valence-corrected chi connectivity index (χ4v) is 7.46. The second-order valence-corrected chi connectivity index (χ2v) is 11.4. The van der Waals surface area contributed by atoms with Crippen LogP contribution in [0.5, 0.6) is 23.0 Å². The minimum absolute atomic E-state index is 0.0117. The average Bonchev–Trinajstić information content (AvgIpc) is 3.66. The number of amides is 1. The van der Waals surface area contributed by atoms with Gasteiger partial charge in [-0.05, 0) is 79.5 Å². The molecule has 3 aromatic carbocycles. The number of ketones is 1. The number of esters is 1. The van der Waals surface area contributed by atoms with Crippen molar-refractivity contribution in [3.8, 4) is 23.0 Å². The first-order valence-electron chi connectivity index (χ1n) is 14.0. The minimum Gasteiger partial charge on any atom is -0.872 e. The third-order valence-electron chi connectivity index (χ3n) is 9.22. The van der Waals surface area contributed by atoms with Crippen LogP contribution in [0, 0.1) is 23.7 Å². The lowest BCUT2D eigenvalue weighted by Gasteiger charge is -2.38. The summed E-state index contributed by atoms with van der Waals surface area (Å²) in [6.45, 7) is 0.